The first-order valence-electron chi connectivity index (χ1n) is 6.95. The standard InChI is InChI=1S/C15H14BNO5/c1-9(18)12-4-2-3-10-5-11(16(20)22-15(10)12)6-13(19)14-7-17-8-21-14/h2-4,7-8,11,20H,5-6H2,1H3/t11-/m1/s1. The molecule has 7 heteroatoms. The molecule has 1 aliphatic heterocycles. The summed E-state index contributed by atoms with van der Waals surface area (Å²) in [4.78, 5) is 27.4. The number of benzene rings is 1. The number of ketones is 2. The normalized spacial score (nSPS) is 16.8. The van der Waals surface area contributed by atoms with Gasteiger partial charge in [-0.1, -0.05) is 12.1 Å². The van der Waals surface area contributed by atoms with E-state index in [1.165, 1.54) is 19.5 Å². The van der Waals surface area contributed by atoms with Crippen LogP contribution >= 0.6 is 0 Å². The highest BCUT2D eigenvalue weighted by atomic mass is 16.5. The molecule has 1 aromatic heterocycles. The monoisotopic (exact) mass is 299 g/mol. The number of carbonyl (C=O) groups is 2. The van der Waals surface area contributed by atoms with Crippen molar-refractivity contribution in [2.45, 2.75) is 25.6 Å². The van der Waals surface area contributed by atoms with Gasteiger partial charge in [0.25, 0.3) is 0 Å². The van der Waals surface area contributed by atoms with Crippen molar-refractivity contribution in [3.8, 4) is 5.75 Å². The number of fused-ring (bicyclic) bond motifs is 1. The van der Waals surface area contributed by atoms with Crippen molar-refractivity contribution >= 4 is 18.7 Å². The highest BCUT2D eigenvalue weighted by molar-refractivity contribution is 6.47. The maximum absolute atomic E-state index is 12.1. The van der Waals surface area contributed by atoms with Gasteiger partial charge in [0.05, 0.1) is 11.8 Å². The lowest BCUT2D eigenvalue weighted by atomic mass is 9.64. The van der Waals surface area contributed by atoms with Crippen LogP contribution in [0.5, 0.6) is 5.75 Å². The van der Waals surface area contributed by atoms with Gasteiger partial charge in [-0.3, -0.25) is 9.59 Å². The molecule has 6 nitrogen and oxygen atoms in total. The number of hydrogen-bond donors (Lipinski definition) is 1. The average molecular weight is 299 g/mol. The van der Waals surface area contributed by atoms with E-state index in [2.05, 4.69) is 4.98 Å². The summed E-state index contributed by atoms with van der Waals surface area (Å²) >= 11 is 0. The number of carbonyl (C=O) groups excluding carboxylic acids is 2. The summed E-state index contributed by atoms with van der Waals surface area (Å²) in [6.45, 7) is 1.45. The molecule has 0 radical (unpaired) electrons. The van der Waals surface area contributed by atoms with Gasteiger partial charge in [-0.25, -0.2) is 4.98 Å². The number of nitrogens with zero attached hydrogens (tertiary/aromatic N) is 1. The first-order valence-corrected chi connectivity index (χ1v) is 6.95. The largest absolute Gasteiger partial charge is 0.535 e. The van der Waals surface area contributed by atoms with Crippen LogP contribution in [-0.2, 0) is 6.42 Å². The molecular weight excluding hydrogens is 285 g/mol. The van der Waals surface area contributed by atoms with E-state index in [9.17, 15) is 14.6 Å². The Bertz CT molecular complexity index is 713. The second-order valence-corrected chi connectivity index (χ2v) is 5.32. The van der Waals surface area contributed by atoms with Gasteiger partial charge in [-0.2, -0.15) is 0 Å². The van der Waals surface area contributed by atoms with Crippen LogP contribution < -0.4 is 4.65 Å². The van der Waals surface area contributed by atoms with E-state index in [1.54, 1.807) is 12.1 Å². The third kappa shape index (κ3) is 2.67. The van der Waals surface area contributed by atoms with Gasteiger partial charge in [-0.05, 0) is 25.0 Å². The molecule has 0 saturated carbocycles. The van der Waals surface area contributed by atoms with Crippen LogP contribution in [0.2, 0.25) is 5.82 Å². The molecule has 0 unspecified atom stereocenters. The number of para-hydroxylation sites is 1. The molecule has 0 aliphatic carbocycles. The van der Waals surface area contributed by atoms with Crippen molar-refractivity contribution in [3.05, 3.63) is 47.7 Å². The maximum Gasteiger partial charge on any atom is 0.526 e. The molecule has 1 N–H and O–H groups in total. The molecule has 22 heavy (non-hydrogen) atoms. The summed E-state index contributed by atoms with van der Waals surface area (Å²) in [6.07, 6.45) is 3.08. The highest BCUT2D eigenvalue weighted by Gasteiger charge is 2.37. The minimum atomic E-state index is -1.14. The zero-order chi connectivity index (χ0) is 15.7. The van der Waals surface area contributed by atoms with Gasteiger partial charge in [0, 0.05) is 12.2 Å². The molecular formula is C15H14BNO5. The minimum absolute atomic E-state index is 0.0834. The van der Waals surface area contributed by atoms with Crippen LogP contribution in [-0.4, -0.2) is 28.7 Å². The molecule has 0 bridgehead atoms. The summed E-state index contributed by atoms with van der Waals surface area (Å²) in [6, 6.07) is 5.26. The number of aromatic nitrogens is 1. The van der Waals surface area contributed by atoms with Gasteiger partial charge < -0.3 is 14.1 Å². The van der Waals surface area contributed by atoms with Gasteiger partial charge in [0.1, 0.15) is 5.75 Å². The van der Waals surface area contributed by atoms with Crippen LogP contribution in [0.25, 0.3) is 0 Å². The molecule has 0 amide bonds. The van der Waals surface area contributed by atoms with Crippen molar-refractivity contribution in [1.82, 2.24) is 4.98 Å². The summed E-state index contributed by atoms with van der Waals surface area (Å²) in [7, 11) is -1.14. The first-order chi connectivity index (χ1) is 10.6. The second-order valence-electron chi connectivity index (χ2n) is 5.32. The van der Waals surface area contributed by atoms with Crippen LogP contribution in [0, 0.1) is 0 Å². The van der Waals surface area contributed by atoms with Crippen molar-refractivity contribution < 1.29 is 23.7 Å². The average Bonchev–Trinajstić information content (AvgIpc) is 3.01. The van der Waals surface area contributed by atoms with Crippen molar-refractivity contribution in [3.63, 3.8) is 0 Å². The minimum Gasteiger partial charge on any atom is -0.535 e. The van der Waals surface area contributed by atoms with E-state index >= 15 is 0 Å². The molecule has 1 aliphatic rings. The third-order valence-corrected chi connectivity index (χ3v) is 3.75. The topological polar surface area (TPSA) is 89.6 Å². The zero-order valence-corrected chi connectivity index (χ0v) is 12.0. The van der Waals surface area contributed by atoms with Crippen LogP contribution in [0.1, 0.15) is 39.8 Å². The lowest BCUT2D eigenvalue weighted by molar-refractivity contribution is 0.0946. The number of rotatable bonds is 4. The molecule has 3 rings (SSSR count). The zero-order valence-electron chi connectivity index (χ0n) is 12.0. The fraction of sp³-hybridized carbons (Fsp3) is 0.267. The van der Waals surface area contributed by atoms with Crippen LogP contribution in [0.15, 0.2) is 35.2 Å². The number of hydrogen-bond acceptors (Lipinski definition) is 6. The van der Waals surface area contributed by atoms with Crippen molar-refractivity contribution in [2.24, 2.45) is 0 Å². The lowest BCUT2D eigenvalue weighted by Crippen LogP contribution is -2.35. The molecule has 112 valence electrons. The molecule has 0 saturated heterocycles. The Labute approximate surface area is 127 Å². The van der Waals surface area contributed by atoms with Gasteiger partial charge in [0.2, 0.25) is 0 Å². The maximum atomic E-state index is 12.1. The Kier molecular flexibility index (Phi) is 3.81. The fourth-order valence-corrected chi connectivity index (χ4v) is 2.63. The summed E-state index contributed by atoms with van der Waals surface area (Å²) in [5, 5.41) is 10.1. The van der Waals surface area contributed by atoms with Crippen LogP contribution in [0.3, 0.4) is 0 Å². The lowest BCUT2D eigenvalue weighted by Gasteiger charge is -2.28. The van der Waals surface area contributed by atoms with Crippen molar-refractivity contribution in [1.29, 1.82) is 0 Å². The van der Waals surface area contributed by atoms with E-state index < -0.39 is 12.9 Å². The smallest absolute Gasteiger partial charge is 0.526 e. The van der Waals surface area contributed by atoms with E-state index in [-0.39, 0.29) is 23.7 Å². The quantitative estimate of drug-likeness (QED) is 0.685. The van der Waals surface area contributed by atoms with E-state index in [0.717, 1.165) is 5.56 Å². The summed E-state index contributed by atoms with van der Waals surface area (Å²) < 4.78 is 10.5. The molecule has 2 heterocycles. The number of oxazole rings is 1. The Balaban J connectivity index is 1.81. The second kappa shape index (κ2) is 5.77. The molecule has 2 aromatic rings. The van der Waals surface area contributed by atoms with Gasteiger partial charge in [0.15, 0.2) is 23.7 Å². The van der Waals surface area contributed by atoms with E-state index in [1.807, 2.05) is 6.07 Å². The van der Waals surface area contributed by atoms with Gasteiger partial charge in [-0.15, -0.1) is 0 Å². The Morgan fingerprint density at radius 2 is 2.27 bits per heavy atom. The summed E-state index contributed by atoms with van der Waals surface area (Å²) in [5.74, 6) is -0.190. The molecule has 0 fully saturated rings. The van der Waals surface area contributed by atoms with E-state index in [4.69, 9.17) is 9.07 Å². The third-order valence-electron chi connectivity index (χ3n) is 3.75. The summed E-state index contributed by atoms with van der Waals surface area (Å²) in [5.41, 5.74) is 1.25. The highest BCUT2D eigenvalue weighted by Crippen LogP contribution is 2.36. The molecule has 1 atom stereocenters. The van der Waals surface area contributed by atoms with E-state index in [0.29, 0.717) is 17.7 Å². The molecule has 1 aromatic carbocycles. The number of Topliss-reactive ketones (excluding diaryl/α,β-unsaturated/α-hetero) is 2. The Morgan fingerprint density at radius 3 is 2.95 bits per heavy atom. The van der Waals surface area contributed by atoms with Crippen LogP contribution in [0.4, 0.5) is 0 Å². The first kappa shape index (κ1) is 14.5. The molecule has 0 spiro atoms. The van der Waals surface area contributed by atoms with Crippen molar-refractivity contribution in [2.75, 3.05) is 0 Å². The Hall–Kier alpha value is -2.41. The predicted octanol–water partition coefficient (Wildman–Crippen LogP) is 1.94. The fourth-order valence-electron chi connectivity index (χ4n) is 2.63. The van der Waals surface area contributed by atoms with Gasteiger partial charge >= 0.3 is 7.12 Å². The Morgan fingerprint density at radius 1 is 1.45 bits per heavy atom. The SMILES string of the molecule is CC(=O)c1cccc2c1OB(O)[C@@H](CC(=O)c1cnco1)C2. The predicted molar refractivity (Wildman–Crippen MR) is 78.0 cm³/mol.